The molecule has 0 bridgehead atoms. The number of ether oxygens (including phenoxy) is 1. The molecule has 0 saturated heterocycles. The largest absolute Gasteiger partial charge is 0.465 e. The maximum absolute atomic E-state index is 13.5. The second kappa shape index (κ2) is 5.69. The minimum absolute atomic E-state index is 0.176. The number of halogens is 2. The first-order chi connectivity index (χ1) is 10.5. The molecule has 0 atom stereocenters. The highest BCUT2D eigenvalue weighted by molar-refractivity contribution is 9.10. The lowest BCUT2D eigenvalue weighted by Crippen LogP contribution is -2.14. The lowest BCUT2D eigenvalue weighted by molar-refractivity contribution is 0.0606. The Hall–Kier alpha value is -1.93. The maximum atomic E-state index is 13.5. The van der Waals surface area contributed by atoms with Gasteiger partial charge in [-0.15, -0.1) is 11.3 Å². The van der Waals surface area contributed by atoms with E-state index in [0.717, 1.165) is 10.9 Å². The Kier molecular flexibility index (Phi) is 3.88. The van der Waals surface area contributed by atoms with Gasteiger partial charge in [-0.3, -0.25) is 4.57 Å². The first kappa shape index (κ1) is 15.0. The van der Waals surface area contributed by atoms with Crippen molar-refractivity contribution in [3.8, 4) is 0 Å². The minimum atomic E-state index is -0.583. The van der Waals surface area contributed by atoms with Crippen molar-refractivity contribution in [2.24, 2.45) is 0 Å². The van der Waals surface area contributed by atoms with E-state index in [0.29, 0.717) is 10.4 Å². The number of hydrogen-bond donors (Lipinski definition) is 0. The lowest BCUT2D eigenvalue weighted by Gasteiger charge is -2.00. The Bertz CT molecular complexity index is 927. The summed E-state index contributed by atoms with van der Waals surface area (Å²) < 4.78 is 24.8. The van der Waals surface area contributed by atoms with Crippen LogP contribution in [-0.2, 0) is 11.3 Å². The van der Waals surface area contributed by atoms with E-state index in [4.69, 9.17) is 4.42 Å². The van der Waals surface area contributed by atoms with Gasteiger partial charge in [-0.05, 0) is 34.1 Å². The maximum Gasteiger partial charge on any atom is 0.420 e. The first-order valence-corrected chi connectivity index (χ1v) is 7.76. The fraction of sp³-hybridized carbons (Fsp3) is 0.143. The number of nitrogens with zero attached hydrogens (tertiary/aromatic N) is 1. The lowest BCUT2D eigenvalue weighted by atomic mass is 10.3. The average molecular weight is 386 g/mol. The van der Waals surface area contributed by atoms with Gasteiger partial charge < -0.3 is 9.15 Å². The third-order valence-electron chi connectivity index (χ3n) is 3.07. The van der Waals surface area contributed by atoms with Crippen molar-refractivity contribution in [3.05, 3.63) is 54.9 Å². The number of hydrogen-bond acceptors (Lipinski definition) is 5. The average Bonchev–Trinajstić information content (AvgIpc) is 3.06. The molecule has 0 radical (unpaired) electrons. The zero-order chi connectivity index (χ0) is 15.9. The van der Waals surface area contributed by atoms with Crippen LogP contribution in [-0.4, -0.2) is 17.6 Å². The monoisotopic (exact) mass is 385 g/mol. The van der Waals surface area contributed by atoms with Crippen LogP contribution < -0.4 is 5.76 Å². The normalized spacial score (nSPS) is 11.0. The molecule has 0 fully saturated rings. The molecule has 0 aliphatic heterocycles. The summed E-state index contributed by atoms with van der Waals surface area (Å²) in [6.45, 7) is 0.228. The number of fused-ring (bicyclic) bond motifs is 1. The van der Waals surface area contributed by atoms with Gasteiger partial charge in [0, 0.05) is 10.9 Å². The van der Waals surface area contributed by atoms with Crippen LogP contribution in [0.25, 0.3) is 11.1 Å². The van der Waals surface area contributed by atoms with Gasteiger partial charge in [-0.1, -0.05) is 0 Å². The van der Waals surface area contributed by atoms with Crippen LogP contribution in [0.2, 0.25) is 0 Å². The summed E-state index contributed by atoms with van der Waals surface area (Å²) in [4.78, 5) is 24.6. The Morgan fingerprint density at radius 3 is 2.95 bits per heavy atom. The number of thiophene rings is 1. The molecule has 0 unspecified atom stereocenters. The van der Waals surface area contributed by atoms with Crippen LogP contribution in [0.4, 0.5) is 4.39 Å². The van der Waals surface area contributed by atoms with Gasteiger partial charge in [0.25, 0.3) is 0 Å². The van der Waals surface area contributed by atoms with E-state index < -0.39 is 17.5 Å². The number of oxazole rings is 1. The number of aromatic nitrogens is 1. The Morgan fingerprint density at radius 1 is 1.45 bits per heavy atom. The molecule has 5 nitrogen and oxygen atoms in total. The quantitative estimate of drug-likeness (QED) is 0.648. The SMILES string of the molecule is COC(=O)c1ccc(Cn2c(=O)oc3cc(F)c(Br)cc32)s1. The summed E-state index contributed by atoms with van der Waals surface area (Å²) in [5.41, 5.74) is 0.654. The van der Waals surface area contributed by atoms with E-state index in [9.17, 15) is 14.0 Å². The number of carbonyl (C=O) groups excluding carboxylic acids is 1. The van der Waals surface area contributed by atoms with Crippen molar-refractivity contribution in [1.82, 2.24) is 4.57 Å². The van der Waals surface area contributed by atoms with Crippen LogP contribution in [0.1, 0.15) is 14.5 Å². The molecule has 1 aromatic carbocycles. The van der Waals surface area contributed by atoms with E-state index in [-0.39, 0.29) is 16.6 Å². The topological polar surface area (TPSA) is 61.4 Å². The van der Waals surface area contributed by atoms with E-state index in [1.165, 1.54) is 29.1 Å². The molecule has 0 N–H and O–H groups in total. The molecule has 3 aromatic rings. The van der Waals surface area contributed by atoms with Gasteiger partial charge in [-0.25, -0.2) is 14.0 Å². The van der Waals surface area contributed by atoms with Crippen LogP contribution in [0.15, 0.2) is 37.9 Å². The first-order valence-electron chi connectivity index (χ1n) is 6.15. The van der Waals surface area contributed by atoms with Crippen LogP contribution in [0.3, 0.4) is 0 Å². The zero-order valence-electron chi connectivity index (χ0n) is 11.3. The highest BCUT2D eigenvalue weighted by Crippen LogP contribution is 2.24. The molecule has 0 aliphatic carbocycles. The highest BCUT2D eigenvalue weighted by atomic mass is 79.9. The molecule has 3 rings (SSSR count). The third-order valence-corrected chi connectivity index (χ3v) is 4.73. The molecule has 22 heavy (non-hydrogen) atoms. The molecular formula is C14H9BrFNO4S. The van der Waals surface area contributed by atoms with E-state index in [1.807, 2.05) is 0 Å². The van der Waals surface area contributed by atoms with E-state index in [2.05, 4.69) is 20.7 Å². The smallest absolute Gasteiger partial charge is 0.420 e. The van der Waals surface area contributed by atoms with Crippen LogP contribution in [0.5, 0.6) is 0 Å². The predicted molar refractivity (Wildman–Crippen MR) is 82.9 cm³/mol. The Morgan fingerprint density at radius 2 is 2.23 bits per heavy atom. The third kappa shape index (κ3) is 2.59. The van der Waals surface area contributed by atoms with Crippen molar-refractivity contribution >= 4 is 44.3 Å². The molecule has 2 aromatic heterocycles. The summed E-state index contributed by atoms with van der Waals surface area (Å²) in [5.74, 6) is -1.51. The van der Waals surface area contributed by atoms with Crippen molar-refractivity contribution in [2.75, 3.05) is 7.11 Å². The van der Waals surface area contributed by atoms with Gasteiger partial charge in [0.05, 0.1) is 23.6 Å². The second-order valence-electron chi connectivity index (χ2n) is 4.45. The molecule has 2 heterocycles. The van der Waals surface area contributed by atoms with Gasteiger partial charge >= 0.3 is 11.7 Å². The summed E-state index contributed by atoms with van der Waals surface area (Å²) in [5, 5.41) is 0. The summed E-state index contributed by atoms with van der Waals surface area (Å²) in [7, 11) is 1.31. The van der Waals surface area contributed by atoms with Crippen molar-refractivity contribution < 1.29 is 18.3 Å². The molecule has 8 heteroatoms. The number of esters is 1. The fourth-order valence-electron chi connectivity index (χ4n) is 2.04. The van der Waals surface area contributed by atoms with Gasteiger partial charge in [0.2, 0.25) is 0 Å². The Balaban J connectivity index is 2.02. The zero-order valence-corrected chi connectivity index (χ0v) is 13.7. The number of rotatable bonds is 3. The van der Waals surface area contributed by atoms with Gasteiger partial charge in [0.15, 0.2) is 5.58 Å². The molecule has 114 valence electrons. The highest BCUT2D eigenvalue weighted by Gasteiger charge is 2.15. The summed E-state index contributed by atoms with van der Waals surface area (Å²) in [6, 6.07) is 6.02. The van der Waals surface area contributed by atoms with Crippen molar-refractivity contribution in [1.29, 1.82) is 0 Å². The minimum Gasteiger partial charge on any atom is -0.465 e. The summed E-state index contributed by atoms with van der Waals surface area (Å²) >= 11 is 4.31. The van der Waals surface area contributed by atoms with Gasteiger partial charge in [0.1, 0.15) is 10.7 Å². The van der Waals surface area contributed by atoms with Crippen LogP contribution in [0, 0.1) is 5.82 Å². The molecular weight excluding hydrogens is 377 g/mol. The van der Waals surface area contributed by atoms with Crippen molar-refractivity contribution in [2.45, 2.75) is 6.54 Å². The van der Waals surface area contributed by atoms with Crippen molar-refractivity contribution in [3.63, 3.8) is 0 Å². The molecule has 0 saturated carbocycles. The Labute approximate surface area is 136 Å². The van der Waals surface area contributed by atoms with E-state index in [1.54, 1.807) is 12.1 Å². The number of benzene rings is 1. The fourth-order valence-corrected chi connectivity index (χ4v) is 3.28. The predicted octanol–water partition coefficient (Wildman–Crippen LogP) is 3.39. The standard InChI is InChI=1S/C14H9BrFNO4S/c1-20-13(18)12-3-2-7(22-12)6-17-10-4-8(15)9(16)5-11(10)21-14(17)19/h2-5H,6H2,1H3. The van der Waals surface area contributed by atoms with Crippen LogP contribution >= 0.6 is 27.3 Å². The van der Waals surface area contributed by atoms with Gasteiger partial charge in [-0.2, -0.15) is 0 Å². The molecule has 0 aliphatic rings. The van der Waals surface area contributed by atoms with E-state index >= 15 is 0 Å². The molecule has 0 spiro atoms. The molecule has 0 amide bonds. The second-order valence-corrected chi connectivity index (χ2v) is 6.47. The summed E-state index contributed by atoms with van der Waals surface area (Å²) in [6.07, 6.45) is 0. The number of methoxy groups -OCH3 is 1. The number of carbonyl (C=O) groups is 1.